The molecule has 3 heterocycles. The molecule has 0 aromatic carbocycles. The van der Waals surface area contributed by atoms with E-state index in [1.165, 1.54) is 22.1 Å². The number of esters is 2. The van der Waals surface area contributed by atoms with Crippen molar-refractivity contribution in [3.8, 4) is 0 Å². The molecule has 1 atom stereocenters. The summed E-state index contributed by atoms with van der Waals surface area (Å²) in [6, 6.07) is -0.351. The van der Waals surface area contributed by atoms with E-state index in [1.54, 1.807) is 13.8 Å². The van der Waals surface area contributed by atoms with Gasteiger partial charge in [0.15, 0.2) is 16.4 Å². The van der Waals surface area contributed by atoms with Gasteiger partial charge in [0.05, 0.1) is 35.4 Å². The molecule has 0 radical (unpaired) electrons. The van der Waals surface area contributed by atoms with Crippen LogP contribution in [0.3, 0.4) is 0 Å². The number of aromatic nitrogens is 2. The molecule has 194 valence electrons. The van der Waals surface area contributed by atoms with Crippen molar-refractivity contribution in [3.63, 3.8) is 0 Å². The highest BCUT2D eigenvalue weighted by atomic mass is 35.5. The van der Waals surface area contributed by atoms with Crippen molar-refractivity contribution in [2.45, 2.75) is 45.1 Å². The maximum absolute atomic E-state index is 12.4. The summed E-state index contributed by atoms with van der Waals surface area (Å²) in [6.45, 7) is 3.08. The van der Waals surface area contributed by atoms with Gasteiger partial charge in [-0.3, -0.25) is 4.79 Å². The summed E-state index contributed by atoms with van der Waals surface area (Å²) in [5.41, 5.74) is 2.23. The van der Waals surface area contributed by atoms with Gasteiger partial charge in [-0.25, -0.2) is 22.7 Å². The molecule has 1 aliphatic carbocycles. The zero-order valence-corrected chi connectivity index (χ0v) is 22.2. The molecule has 4 rings (SSSR count). The normalized spacial score (nSPS) is 18.9. The Morgan fingerprint density at radius 1 is 1.28 bits per heavy atom. The molecule has 1 N–H and O–H groups in total. The van der Waals surface area contributed by atoms with Crippen LogP contribution < -0.4 is 5.32 Å². The zero-order valence-electron chi connectivity index (χ0n) is 19.8. The number of hydrogen-bond acceptors (Lipinski definition) is 9. The highest BCUT2D eigenvalue weighted by molar-refractivity contribution is 7.91. The molecule has 1 saturated carbocycles. The Bertz CT molecular complexity index is 1330. The van der Waals surface area contributed by atoms with E-state index in [2.05, 4.69) is 10.4 Å². The minimum Gasteiger partial charge on any atom is -0.462 e. The Hall–Kier alpha value is -2.70. The van der Waals surface area contributed by atoms with Gasteiger partial charge in [-0.15, -0.1) is 11.3 Å². The molecular formula is C23H26ClN3O7S2. The second kappa shape index (κ2) is 10.7. The quantitative estimate of drug-likeness (QED) is 0.367. The summed E-state index contributed by atoms with van der Waals surface area (Å²) in [6.07, 6.45) is 4.95. The Morgan fingerprint density at radius 3 is 2.67 bits per heavy atom. The number of thiophene rings is 1. The number of sulfone groups is 1. The molecule has 2 fully saturated rings. The van der Waals surface area contributed by atoms with Crippen LogP contribution in [-0.4, -0.2) is 60.8 Å². The van der Waals surface area contributed by atoms with E-state index >= 15 is 0 Å². The monoisotopic (exact) mass is 555 g/mol. The van der Waals surface area contributed by atoms with E-state index in [0.29, 0.717) is 34.2 Å². The van der Waals surface area contributed by atoms with Crippen molar-refractivity contribution in [1.29, 1.82) is 0 Å². The Labute approximate surface area is 217 Å². The van der Waals surface area contributed by atoms with Crippen LogP contribution in [0, 0.1) is 6.92 Å². The maximum atomic E-state index is 12.4. The van der Waals surface area contributed by atoms with Gasteiger partial charge in [-0.1, -0.05) is 11.6 Å². The highest BCUT2D eigenvalue weighted by Gasteiger charge is 2.33. The summed E-state index contributed by atoms with van der Waals surface area (Å²) in [5, 5.41) is 9.41. The lowest BCUT2D eigenvalue weighted by Crippen LogP contribution is -2.21. The van der Waals surface area contributed by atoms with Crippen LogP contribution in [0.1, 0.15) is 65.3 Å². The number of anilines is 1. The number of carbonyl (C=O) groups is 3. The molecule has 13 heteroatoms. The van der Waals surface area contributed by atoms with Gasteiger partial charge in [-0.2, -0.15) is 5.10 Å². The summed E-state index contributed by atoms with van der Waals surface area (Å²) in [4.78, 5) is 37.0. The van der Waals surface area contributed by atoms with Crippen molar-refractivity contribution in [2.75, 3.05) is 30.0 Å². The van der Waals surface area contributed by atoms with Crippen molar-refractivity contribution < 1.29 is 32.3 Å². The van der Waals surface area contributed by atoms with Crippen molar-refractivity contribution in [2.24, 2.45) is 0 Å². The van der Waals surface area contributed by atoms with Gasteiger partial charge in [0.25, 0.3) is 5.91 Å². The van der Waals surface area contributed by atoms with Crippen LogP contribution in [0.2, 0.25) is 5.15 Å². The summed E-state index contributed by atoms with van der Waals surface area (Å²) in [7, 11) is -3.11. The van der Waals surface area contributed by atoms with Crippen LogP contribution in [0.15, 0.2) is 11.5 Å². The number of hydrogen-bond donors (Lipinski definition) is 1. The fraction of sp³-hybridized carbons (Fsp3) is 0.478. The van der Waals surface area contributed by atoms with Gasteiger partial charge in [0.2, 0.25) is 0 Å². The number of amides is 1. The van der Waals surface area contributed by atoms with Crippen molar-refractivity contribution >= 4 is 61.7 Å². The molecule has 1 aliphatic heterocycles. The first-order valence-electron chi connectivity index (χ1n) is 11.5. The van der Waals surface area contributed by atoms with Gasteiger partial charge < -0.3 is 14.8 Å². The third-order valence-electron chi connectivity index (χ3n) is 5.93. The predicted molar refractivity (Wildman–Crippen MR) is 135 cm³/mol. The molecule has 1 saturated heterocycles. The summed E-state index contributed by atoms with van der Waals surface area (Å²) in [5.74, 6) is -1.49. The average molecular weight is 556 g/mol. The number of nitrogens with zero attached hydrogens (tertiary/aromatic N) is 2. The lowest BCUT2D eigenvalue weighted by Gasteiger charge is -2.09. The molecule has 0 spiro atoms. The van der Waals surface area contributed by atoms with Crippen molar-refractivity contribution in [1.82, 2.24) is 9.78 Å². The molecule has 2 aromatic heterocycles. The second-order valence-corrected chi connectivity index (χ2v) is 12.1. The number of carbonyl (C=O) groups excluding carboxylic acids is 3. The topological polar surface area (TPSA) is 134 Å². The molecule has 2 aromatic rings. The molecule has 1 unspecified atom stereocenters. The van der Waals surface area contributed by atoms with Gasteiger partial charge in [-0.05, 0) is 56.0 Å². The number of rotatable bonds is 9. The molecule has 10 nitrogen and oxygen atoms in total. The van der Waals surface area contributed by atoms with E-state index in [1.807, 2.05) is 5.38 Å². The fourth-order valence-electron chi connectivity index (χ4n) is 4.00. The first-order valence-corrected chi connectivity index (χ1v) is 14.6. The highest BCUT2D eigenvalue weighted by Crippen LogP contribution is 2.46. The SMILES string of the molecule is CCOC(=O)c1c(C2CC2)csc1NC(=O)COC(=O)C=Cc1c(C)nn(C2CCS(=O)(=O)C2)c1Cl. The third kappa shape index (κ3) is 5.98. The molecule has 2 aliphatic rings. The van der Waals surface area contributed by atoms with Crippen LogP contribution in [0.5, 0.6) is 0 Å². The van der Waals surface area contributed by atoms with Crippen LogP contribution in [0.25, 0.3) is 6.08 Å². The average Bonchev–Trinajstić information content (AvgIpc) is 3.39. The van der Waals surface area contributed by atoms with E-state index in [9.17, 15) is 22.8 Å². The number of halogens is 1. The largest absolute Gasteiger partial charge is 0.462 e. The van der Waals surface area contributed by atoms with Crippen molar-refractivity contribution in [3.05, 3.63) is 39.0 Å². The van der Waals surface area contributed by atoms with Gasteiger partial charge in [0.1, 0.15) is 10.2 Å². The van der Waals surface area contributed by atoms with Crippen LogP contribution in [0.4, 0.5) is 5.00 Å². The molecule has 36 heavy (non-hydrogen) atoms. The van der Waals surface area contributed by atoms with Crippen LogP contribution >= 0.6 is 22.9 Å². The minimum atomic E-state index is -3.11. The maximum Gasteiger partial charge on any atom is 0.341 e. The first kappa shape index (κ1) is 26.4. The Balaban J connectivity index is 1.35. The lowest BCUT2D eigenvalue weighted by molar-refractivity contribution is -0.142. The van der Waals surface area contributed by atoms with E-state index in [0.717, 1.165) is 24.5 Å². The lowest BCUT2D eigenvalue weighted by atomic mass is 10.1. The molecule has 1 amide bonds. The van der Waals surface area contributed by atoms with E-state index in [4.69, 9.17) is 21.1 Å². The standard InChI is InChI=1S/C23H26ClN3O7S2/c1-3-33-23(30)20-17(14-4-5-14)11-35-22(20)25-18(28)10-34-19(29)7-6-16-13(2)26-27(21(16)24)15-8-9-36(31,32)12-15/h6-7,11,14-15H,3-5,8-10,12H2,1-2H3,(H,25,28). The minimum absolute atomic E-state index is 0.0293. The number of ether oxygens (including phenoxy) is 2. The molecule has 0 bridgehead atoms. The summed E-state index contributed by atoms with van der Waals surface area (Å²) < 4.78 is 35.2. The molecular weight excluding hydrogens is 530 g/mol. The van der Waals surface area contributed by atoms with Gasteiger partial charge in [0, 0.05) is 11.6 Å². The summed E-state index contributed by atoms with van der Waals surface area (Å²) >= 11 is 7.63. The first-order chi connectivity index (χ1) is 17.1. The third-order valence-corrected chi connectivity index (χ3v) is 8.97. The number of nitrogens with one attached hydrogen (secondary N) is 1. The number of aryl methyl sites for hydroxylation is 1. The van der Waals surface area contributed by atoms with Crippen LogP contribution in [-0.2, 0) is 28.9 Å². The Kier molecular flexibility index (Phi) is 7.86. The fourth-order valence-corrected chi connectivity index (χ4v) is 7.12. The van der Waals surface area contributed by atoms with Gasteiger partial charge >= 0.3 is 11.9 Å². The van der Waals surface area contributed by atoms with E-state index in [-0.39, 0.29) is 29.3 Å². The second-order valence-electron chi connectivity index (χ2n) is 8.67. The van der Waals surface area contributed by atoms with E-state index < -0.39 is 34.3 Å². The predicted octanol–water partition coefficient (Wildman–Crippen LogP) is 3.52. The Morgan fingerprint density at radius 2 is 2.03 bits per heavy atom. The smallest absolute Gasteiger partial charge is 0.341 e. The zero-order chi connectivity index (χ0) is 26.0.